The molecule has 0 saturated heterocycles. The van der Waals surface area contributed by atoms with E-state index in [1.54, 1.807) is 0 Å². The Kier molecular flexibility index (Phi) is 4.56. The molecule has 0 fully saturated rings. The van der Waals surface area contributed by atoms with Crippen molar-refractivity contribution in [3.8, 4) is 22.4 Å². The van der Waals surface area contributed by atoms with Gasteiger partial charge in [-0.05, 0) is 41.0 Å². The number of benzene rings is 3. The molecule has 3 heteroatoms. The van der Waals surface area contributed by atoms with Crippen molar-refractivity contribution in [2.75, 3.05) is 0 Å². The fourth-order valence-electron chi connectivity index (χ4n) is 2.97. The van der Waals surface area contributed by atoms with E-state index in [4.69, 9.17) is 16.6 Å². The third-order valence-electron chi connectivity index (χ3n) is 4.26. The lowest BCUT2D eigenvalue weighted by atomic mass is 9.98. The minimum Gasteiger partial charge on any atom is -0.248 e. The average molecular weight is 409 g/mol. The van der Waals surface area contributed by atoms with Gasteiger partial charge in [0, 0.05) is 21.3 Å². The normalized spacial score (nSPS) is 11.0. The molecule has 0 radical (unpaired) electrons. The highest BCUT2D eigenvalue weighted by Crippen LogP contribution is 2.33. The van der Waals surface area contributed by atoms with Crippen molar-refractivity contribution in [2.45, 2.75) is 5.33 Å². The Morgan fingerprint density at radius 1 is 0.800 bits per heavy atom. The van der Waals surface area contributed by atoms with Gasteiger partial charge in [-0.1, -0.05) is 82.1 Å². The summed E-state index contributed by atoms with van der Waals surface area (Å²) in [6.07, 6.45) is 0. The molecule has 0 aliphatic rings. The van der Waals surface area contributed by atoms with Crippen LogP contribution in [0.5, 0.6) is 0 Å². The van der Waals surface area contributed by atoms with Crippen LogP contribution >= 0.6 is 27.5 Å². The summed E-state index contributed by atoms with van der Waals surface area (Å²) in [5, 5.41) is 2.65. The minimum atomic E-state index is 0.723. The first kappa shape index (κ1) is 16.3. The number of rotatable bonds is 3. The predicted octanol–water partition coefficient (Wildman–Crippen LogP) is 7.12. The smallest absolute Gasteiger partial charge is 0.0716 e. The lowest BCUT2D eigenvalue weighted by Crippen LogP contribution is -1.90. The maximum absolute atomic E-state index is 6.24. The summed E-state index contributed by atoms with van der Waals surface area (Å²) < 4.78 is 0. The number of hydrogen-bond acceptors (Lipinski definition) is 1. The van der Waals surface area contributed by atoms with E-state index in [-0.39, 0.29) is 0 Å². The van der Waals surface area contributed by atoms with Crippen molar-refractivity contribution in [3.05, 3.63) is 89.4 Å². The third-order valence-corrected chi connectivity index (χ3v) is 5.14. The van der Waals surface area contributed by atoms with Crippen LogP contribution in [0.1, 0.15) is 5.56 Å². The van der Waals surface area contributed by atoms with Gasteiger partial charge in [-0.15, -0.1) is 0 Å². The summed E-state index contributed by atoms with van der Waals surface area (Å²) in [5.74, 6) is 0. The molecule has 0 unspecified atom stereocenters. The van der Waals surface area contributed by atoms with E-state index in [1.165, 1.54) is 5.56 Å². The zero-order valence-electron chi connectivity index (χ0n) is 13.4. The molecule has 3 aromatic carbocycles. The van der Waals surface area contributed by atoms with Crippen LogP contribution in [-0.4, -0.2) is 4.98 Å². The van der Waals surface area contributed by atoms with Crippen LogP contribution in [-0.2, 0) is 5.33 Å². The number of halogens is 2. The van der Waals surface area contributed by atoms with E-state index in [0.29, 0.717) is 0 Å². The van der Waals surface area contributed by atoms with E-state index in [1.807, 2.05) is 24.3 Å². The van der Waals surface area contributed by atoms with Gasteiger partial charge in [0.25, 0.3) is 0 Å². The van der Waals surface area contributed by atoms with E-state index >= 15 is 0 Å². The highest BCUT2D eigenvalue weighted by Gasteiger charge is 2.10. The van der Waals surface area contributed by atoms with Gasteiger partial charge in [0.05, 0.1) is 11.2 Å². The van der Waals surface area contributed by atoms with Gasteiger partial charge < -0.3 is 0 Å². The third kappa shape index (κ3) is 3.33. The SMILES string of the molecule is Clc1ccc2nc(-c3ccc(CBr)cc3)cc(-c3ccccc3)c2c1. The summed E-state index contributed by atoms with van der Waals surface area (Å²) in [4.78, 5) is 4.86. The van der Waals surface area contributed by atoms with Crippen LogP contribution in [0.15, 0.2) is 78.9 Å². The number of hydrogen-bond donors (Lipinski definition) is 0. The molecule has 0 atom stereocenters. The second-order valence-corrected chi connectivity index (χ2v) is 6.91. The van der Waals surface area contributed by atoms with Gasteiger partial charge in [0.2, 0.25) is 0 Å². The van der Waals surface area contributed by atoms with Gasteiger partial charge in [0.1, 0.15) is 0 Å². The number of aromatic nitrogens is 1. The maximum Gasteiger partial charge on any atom is 0.0716 e. The largest absolute Gasteiger partial charge is 0.248 e. The predicted molar refractivity (Wildman–Crippen MR) is 110 cm³/mol. The van der Waals surface area contributed by atoms with Crippen LogP contribution < -0.4 is 0 Å². The lowest BCUT2D eigenvalue weighted by Gasteiger charge is -2.11. The number of alkyl halides is 1. The zero-order chi connectivity index (χ0) is 17.2. The van der Waals surface area contributed by atoms with Crippen LogP contribution in [0.4, 0.5) is 0 Å². The zero-order valence-corrected chi connectivity index (χ0v) is 15.8. The quantitative estimate of drug-likeness (QED) is 0.329. The molecule has 1 aromatic heterocycles. The summed E-state index contributed by atoms with van der Waals surface area (Å²) in [6, 6.07) is 26.9. The topological polar surface area (TPSA) is 12.9 Å². The monoisotopic (exact) mass is 407 g/mol. The molecular formula is C22H15BrClN. The average Bonchev–Trinajstić information content (AvgIpc) is 2.68. The maximum atomic E-state index is 6.24. The van der Waals surface area contributed by atoms with E-state index < -0.39 is 0 Å². The molecule has 4 aromatic rings. The molecule has 1 nitrogen and oxygen atoms in total. The molecule has 0 saturated carbocycles. The molecule has 0 aliphatic carbocycles. The van der Waals surface area contributed by atoms with Crippen LogP contribution in [0.25, 0.3) is 33.3 Å². The summed E-state index contributed by atoms with van der Waals surface area (Å²) >= 11 is 9.73. The molecule has 4 rings (SSSR count). The standard InChI is InChI=1S/C22H15BrClN/c23-14-15-6-8-17(9-7-15)22-13-19(16-4-2-1-3-5-16)20-12-18(24)10-11-21(20)25-22/h1-13H,14H2. The molecule has 0 spiro atoms. The summed E-state index contributed by atoms with van der Waals surface area (Å²) in [6.45, 7) is 0. The fourth-order valence-corrected chi connectivity index (χ4v) is 3.51. The summed E-state index contributed by atoms with van der Waals surface area (Å²) in [5.41, 5.74) is 6.58. The lowest BCUT2D eigenvalue weighted by molar-refractivity contribution is 1.38. The van der Waals surface area contributed by atoms with Crippen molar-refractivity contribution in [3.63, 3.8) is 0 Å². The molecule has 0 N–H and O–H groups in total. The molecular weight excluding hydrogens is 394 g/mol. The van der Waals surface area contributed by atoms with E-state index in [9.17, 15) is 0 Å². The van der Waals surface area contributed by atoms with Gasteiger partial charge in [-0.2, -0.15) is 0 Å². The molecule has 0 aliphatic heterocycles. The molecule has 122 valence electrons. The van der Waals surface area contributed by atoms with Crippen molar-refractivity contribution in [1.82, 2.24) is 4.98 Å². The van der Waals surface area contributed by atoms with Crippen LogP contribution in [0, 0.1) is 0 Å². The van der Waals surface area contributed by atoms with Gasteiger partial charge in [-0.3, -0.25) is 0 Å². The van der Waals surface area contributed by atoms with E-state index in [0.717, 1.165) is 43.6 Å². The van der Waals surface area contributed by atoms with Crippen molar-refractivity contribution < 1.29 is 0 Å². The highest BCUT2D eigenvalue weighted by atomic mass is 79.9. The van der Waals surface area contributed by atoms with E-state index in [2.05, 4.69) is 70.5 Å². The highest BCUT2D eigenvalue weighted by molar-refractivity contribution is 9.08. The number of nitrogens with zero attached hydrogens (tertiary/aromatic N) is 1. The van der Waals surface area contributed by atoms with Gasteiger partial charge in [-0.25, -0.2) is 4.98 Å². The van der Waals surface area contributed by atoms with Crippen molar-refractivity contribution in [2.24, 2.45) is 0 Å². The van der Waals surface area contributed by atoms with Gasteiger partial charge in [0.15, 0.2) is 0 Å². The van der Waals surface area contributed by atoms with Crippen molar-refractivity contribution >= 4 is 38.4 Å². The Morgan fingerprint density at radius 2 is 1.56 bits per heavy atom. The Labute approximate surface area is 160 Å². The number of fused-ring (bicyclic) bond motifs is 1. The Morgan fingerprint density at radius 3 is 2.28 bits per heavy atom. The molecule has 0 bridgehead atoms. The van der Waals surface area contributed by atoms with Crippen molar-refractivity contribution in [1.29, 1.82) is 0 Å². The fraction of sp³-hybridized carbons (Fsp3) is 0.0455. The number of pyridine rings is 1. The Bertz CT molecular complexity index is 1030. The first-order chi connectivity index (χ1) is 12.2. The first-order valence-electron chi connectivity index (χ1n) is 8.05. The molecule has 0 amide bonds. The Hall–Kier alpha value is -2.16. The second-order valence-electron chi connectivity index (χ2n) is 5.91. The van der Waals surface area contributed by atoms with Gasteiger partial charge >= 0.3 is 0 Å². The minimum absolute atomic E-state index is 0.723. The second kappa shape index (κ2) is 6.99. The molecule has 25 heavy (non-hydrogen) atoms. The molecule has 1 heterocycles. The first-order valence-corrected chi connectivity index (χ1v) is 9.55. The van der Waals surface area contributed by atoms with Crippen LogP contribution in [0.3, 0.4) is 0 Å². The Balaban J connectivity index is 1.96. The van der Waals surface area contributed by atoms with Crippen LogP contribution in [0.2, 0.25) is 5.02 Å². The summed E-state index contributed by atoms with van der Waals surface area (Å²) in [7, 11) is 0.